The first-order valence-corrected chi connectivity index (χ1v) is 12.6. The van der Waals surface area contributed by atoms with Gasteiger partial charge in [-0.05, 0) is 67.6 Å². The number of amides is 1. The van der Waals surface area contributed by atoms with Crippen molar-refractivity contribution < 1.29 is 17.9 Å². The third-order valence-corrected chi connectivity index (χ3v) is 7.18. The second-order valence-electron chi connectivity index (χ2n) is 7.76. The fraction of sp³-hybridized carbons (Fsp3) is 0.0741. The van der Waals surface area contributed by atoms with Gasteiger partial charge < -0.3 is 10.1 Å². The van der Waals surface area contributed by atoms with Crippen molar-refractivity contribution in [1.82, 2.24) is 0 Å². The van der Waals surface area contributed by atoms with E-state index < -0.39 is 22.5 Å². The van der Waals surface area contributed by atoms with Gasteiger partial charge in [-0.15, -0.1) is 0 Å². The summed E-state index contributed by atoms with van der Waals surface area (Å²) in [7, 11) is -4.03. The molecule has 4 aromatic rings. The van der Waals surface area contributed by atoms with Crippen LogP contribution in [0.25, 0.3) is 0 Å². The van der Waals surface area contributed by atoms with Crippen LogP contribution in [0.4, 0.5) is 11.4 Å². The minimum absolute atomic E-state index is 0.0821. The van der Waals surface area contributed by atoms with E-state index >= 15 is 0 Å². The zero-order valence-corrected chi connectivity index (χ0v) is 20.5. The number of carbonyl (C=O) groups excluding carboxylic acids is 1. The number of rotatable bonds is 8. The summed E-state index contributed by atoms with van der Waals surface area (Å²) >= 11 is 6.00. The number of aryl methyl sites for hydroxylation is 1. The molecule has 4 aromatic carbocycles. The van der Waals surface area contributed by atoms with Crippen LogP contribution in [-0.2, 0) is 14.8 Å². The molecular formula is C27H23ClN2O4S. The molecule has 0 unspecified atom stereocenters. The number of anilines is 2. The van der Waals surface area contributed by atoms with Crippen LogP contribution in [-0.4, -0.2) is 20.9 Å². The van der Waals surface area contributed by atoms with E-state index in [9.17, 15) is 13.2 Å². The van der Waals surface area contributed by atoms with Crippen molar-refractivity contribution in [3.05, 3.63) is 114 Å². The maximum Gasteiger partial charge on any atom is 0.264 e. The van der Waals surface area contributed by atoms with Gasteiger partial charge in [-0.25, -0.2) is 8.42 Å². The predicted octanol–water partition coefficient (Wildman–Crippen LogP) is 6.27. The average molecular weight is 507 g/mol. The first kappa shape index (κ1) is 24.3. The van der Waals surface area contributed by atoms with Gasteiger partial charge in [0.05, 0.1) is 16.3 Å². The molecule has 0 aliphatic carbocycles. The number of benzene rings is 4. The topological polar surface area (TPSA) is 75.7 Å². The SMILES string of the molecule is Cc1ccc(S(=O)(=O)N(CC(=O)Nc2ccccc2Oc2ccccc2)c2ccc(Cl)cc2)cc1. The van der Waals surface area contributed by atoms with E-state index in [2.05, 4.69) is 5.32 Å². The summed E-state index contributed by atoms with van der Waals surface area (Å²) in [6.45, 7) is 1.42. The van der Waals surface area contributed by atoms with Gasteiger partial charge in [0.1, 0.15) is 12.3 Å². The van der Waals surface area contributed by atoms with E-state index in [1.807, 2.05) is 25.1 Å². The van der Waals surface area contributed by atoms with Crippen molar-refractivity contribution in [2.75, 3.05) is 16.2 Å². The fourth-order valence-corrected chi connectivity index (χ4v) is 4.90. The van der Waals surface area contributed by atoms with Gasteiger partial charge in [0.2, 0.25) is 5.91 Å². The van der Waals surface area contributed by atoms with Gasteiger partial charge in [-0.3, -0.25) is 9.10 Å². The summed E-state index contributed by atoms with van der Waals surface area (Å²) < 4.78 is 34.0. The highest BCUT2D eigenvalue weighted by molar-refractivity contribution is 7.92. The van der Waals surface area contributed by atoms with Gasteiger partial charge in [-0.2, -0.15) is 0 Å². The van der Waals surface area contributed by atoms with Crippen molar-refractivity contribution in [1.29, 1.82) is 0 Å². The number of nitrogens with one attached hydrogen (secondary N) is 1. The fourth-order valence-electron chi connectivity index (χ4n) is 3.35. The Bertz CT molecular complexity index is 1410. The minimum atomic E-state index is -4.03. The first-order chi connectivity index (χ1) is 16.8. The molecule has 8 heteroatoms. The summed E-state index contributed by atoms with van der Waals surface area (Å²) in [4.78, 5) is 13.2. The smallest absolute Gasteiger partial charge is 0.264 e. The molecular weight excluding hydrogens is 484 g/mol. The zero-order chi connectivity index (χ0) is 24.8. The van der Waals surface area contributed by atoms with Gasteiger partial charge in [0.25, 0.3) is 10.0 Å². The molecule has 1 N–H and O–H groups in total. The third kappa shape index (κ3) is 6.01. The summed E-state index contributed by atoms with van der Waals surface area (Å²) in [6.07, 6.45) is 0. The summed E-state index contributed by atoms with van der Waals surface area (Å²) in [5, 5.41) is 3.24. The van der Waals surface area contributed by atoms with E-state index in [1.54, 1.807) is 72.8 Å². The van der Waals surface area contributed by atoms with E-state index in [-0.39, 0.29) is 4.90 Å². The Labute approximate surface area is 209 Å². The predicted molar refractivity (Wildman–Crippen MR) is 139 cm³/mol. The molecule has 0 saturated carbocycles. The Balaban J connectivity index is 1.61. The van der Waals surface area contributed by atoms with E-state index in [4.69, 9.17) is 16.3 Å². The second-order valence-corrected chi connectivity index (χ2v) is 10.1. The third-order valence-electron chi connectivity index (χ3n) is 5.14. The molecule has 0 heterocycles. The Hall–Kier alpha value is -3.81. The lowest BCUT2D eigenvalue weighted by molar-refractivity contribution is -0.114. The van der Waals surface area contributed by atoms with E-state index in [1.165, 1.54) is 12.1 Å². The van der Waals surface area contributed by atoms with Crippen molar-refractivity contribution in [3.8, 4) is 11.5 Å². The van der Waals surface area contributed by atoms with Gasteiger partial charge in [0, 0.05) is 5.02 Å². The quantitative estimate of drug-likeness (QED) is 0.305. The largest absolute Gasteiger partial charge is 0.455 e. The molecule has 0 aromatic heterocycles. The summed E-state index contributed by atoms with van der Waals surface area (Å²) in [5.74, 6) is 0.519. The number of hydrogen-bond donors (Lipinski definition) is 1. The first-order valence-electron chi connectivity index (χ1n) is 10.8. The minimum Gasteiger partial charge on any atom is -0.455 e. The lowest BCUT2D eigenvalue weighted by atomic mass is 10.2. The Kier molecular flexibility index (Phi) is 7.39. The molecule has 35 heavy (non-hydrogen) atoms. The van der Waals surface area contributed by atoms with Crippen LogP contribution in [0.15, 0.2) is 108 Å². The molecule has 0 aliphatic heterocycles. The van der Waals surface area contributed by atoms with E-state index in [0.29, 0.717) is 27.9 Å². The highest BCUT2D eigenvalue weighted by Crippen LogP contribution is 2.30. The van der Waals surface area contributed by atoms with E-state index in [0.717, 1.165) is 9.87 Å². The lowest BCUT2D eigenvalue weighted by Crippen LogP contribution is -2.38. The molecule has 0 aliphatic rings. The Morgan fingerprint density at radius 2 is 1.49 bits per heavy atom. The maximum absolute atomic E-state index is 13.5. The zero-order valence-electron chi connectivity index (χ0n) is 18.9. The number of para-hydroxylation sites is 3. The molecule has 0 bridgehead atoms. The monoisotopic (exact) mass is 506 g/mol. The highest BCUT2D eigenvalue weighted by Gasteiger charge is 2.27. The molecule has 0 saturated heterocycles. The molecule has 1 amide bonds. The van der Waals surface area contributed by atoms with Gasteiger partial charge in [0.15, 0.2) is 5.75 Å². The van der Waals surface area contributed by atoms with Crippen molar-refractivity contribution in [2.24, 2.45) is 0 Å². The van der Waals surface area contributed by atoms with Crippen LogP contribution in [0.2, 0.25) is 5.02 Å². The van der Waals surface area contributed by atoms with Crippen LogP contribution < -0.4 is 14.4 Å². The number of sulfonamides is 1. The standard InChI is InChI=1S/C27H23ClN2O4S/c1-20-11-17-24(18-12-20)35(32,33)30(22-15-13-21(28)14-16-22)19-27(31)29-25-9-5-6-10-26(25)34-23-7-3-2-4-8-23/h2-18H,19H2,1H3,(H,29,31). The van der Waals surface area contributed by atoms with Crippen molar-refractivity contribution in [2.45, 2.75) is 11.8 Å². The number of halogens is 1. The lowest BCUT2D eigenvalue weighted by Gasteiger charge is -2.24. The molecule has 178 valence electrons. The molecule has 4 rings (SSSR count). The van der Waals surface area contributed by atoms with Crippen LogP contribution in [0.3, 0.4) is 0 Å². The number of carbonyl (C=O) groups is 1. The Morgan fingerprint density at radius 3 is 2.17 bits per heavy atom. The molecule has 0 spiro atoms. The van der Waals surface area contributed by atoms with Crippen LogP contribution >= 0.6 is 11.6 Å². The molecule has 0 fully saturated rings. The number of hydrogen-bond acceptors (Lipinski definition) is 4. The number of nitrogens with zero attached hydrogens (tertiary/aromatic N) is 1. The summed E-state index contributed by atoms with van der Waals surface area (Å²) in [5.41, 5.74) is 1.67. The molecule has 6 nitrogen and oxygen atoms in total. The van der Waals surface area contributed by atoms with Crippen molar-refractivity contribution in [3.63, 3.8) is 0 Å². The Morgan fingerprint density at radius 1 is 0.857 bits per heavy atom. The van der Waals surface area contributed by atoms with Crippen LogP contribution in [0.1, 0.15) is 5.56 Å². The van der Waals surface area contributed by atoms with Crippen molar-refractivity contribution >= 4 is 38.9 Å². The maximum atomic E-state index is 13.5. The van der Waals surface area contributed by atoms with Gasteiger partial charge in [-0.1, -0.05) is 59.6 Å². The van der Waals surface area contributed by atoms with Gasteiger partial charge >= 0.3 is 0 Å². The molecule has 0 atom stereocenters. The highest BCUT2D eigenvalue weighted by atomic mass is 35.5. The second kappa shape index (κ2) is 10.6. The molecule has 0 radical (unpaired) electrons. The normalized spacial score (nSPS) is 11.0. The van der Waals surface area contributed by atoms with Crippen LogP contribution in [0, 0.1) is 6.92 Å². The summed E-state index contributed by atoms with van der Waals surface area (Å²) in [6, 6.07) is 28.9. The number of ether oxygens (including phenoxy) is 1. The average Bonchev–Trinajstić information content (AvgIpc) is 2.85. The van der Waals surface area contributed by atoms with Crippen LogP contribution in [0.5, 0.6) is 11.5 Å².